The lowest BCUT2D eigenvalue weighted by Gasteiger charge is -2.42. The number of benzene rings is 2. The van der Waals surface area contributed by atoms with E-state index in [1.807, 2.05) is 0 Å². The van der Waals surface area contributed by atoms with Crippen LogP contribution in [0.3, 0.4) is 0 Å². The molecule has 0 aliphatic heterocycles. The molecule has 1 aliphatic rings. The number of rotatable bonds is 14. The number of hydrogen-bond donors (Lipinski definition) is 0. The molecule has 0 bridgehead atoms. The molecule has 6 atom stereocenters. The Kier molecular flexibility index (Phi) is 10.8. The summed E-state index contributed by atoms with van der Waals surface area (Å²) in [4.78, 5) is 0. The van der Waals surface area contributed by atoms with Gasteiger partial charge in [0.15, 0.2) is 0 Å². The van der Waals surface area contributed by atoms with Crippen molar-refractivity contribution >= 4 is 0 Å². The molecule has 6 heteroatoms. The van der Waals surface area contributed by atoms with Gasteiger partial charge in [-0.05, 0) is 92.6 Å². The third kappa shape index (κ3) is 8.74. The van der Waals surface area contributed by atoms with E-state index < -0.39 is 0 Å². The van der Waals surface area contributed by atoms with E-state index in [2.05, 4.69) is 158 Å². The average Bonchev–Trinajstić information content (AvgIpc) is 3.72. The molecule has 1 aliphatic carbocycles. The zero-order valence-corrected chi connectivity index (χ0v) is 29.7. The number of hydrogen-bond acceptors (Lipinski definition) is 4. The maximum absolute atomic E-state index is 4.63. The molecule has 0 N–H and O–H groups in total. The number of nitrogens with zero attached hydrogens (tertiary/aromatic N) is 6. The fraction of sp³-hybridized carbons (Fsp3) is 0.600. The minimum atomic E-state index is -0.0918. The van der Waals surface area contributed by atoms with Gasteiger partial charge in [0.1, 0.15) is 0 Å². The van der Waals surface area contributed by atoms with Crippen LogP contribution in [0.5, 0.6) is 0 Å². The second-order valence-corrected chi connectivity index (χ2v) is 16.2. The quantitative estimate of drug-likeness (QED) is 0.140. The smallest absolute Gasteiger partial charge is 0.0899 e. The molecule has 1 fully saturated rings. The van der Waals surface area contributed by atoms with Crippen LogP contribution in [-0.2, 0) is 12.1 Å². The maximum atomic E-state index is 4.63. The van der Waals surface area contributed by atoms with Crippen molar-refractivity contribution in [2.45, 2.75) is 124 Å². The van der Waals surface area contributed by atoms with Crippen LogP contribution in [-0.4, -0.2) is 30.0 Å². The van der Waals surface area contributed by atoms with Crippen LogP contribution in [0, 0.1) is 29.1 Å². The molecule has 2 aromatic heterocycles. The van der Waals surface area contributed by atoms with Crippen LogP contribution in [0.4, 0.5) is 0 Å². The van der Waals surface area contributed by atoms with Crippen LogP contribution in [0.1, 0.15) is 135 Å². The van der Waals surface area contributed by atoms with Crippen molar-refractivity contribution < 1.29 is 0 Å². The molecule has 1 saturated carbocycles. The molecule has 0 spiro atoms. The van der Waals surface area contributed by atoms with E-state index in [1.165, 1.54) is 43.2 Å². The highest BCUT2D eigenvalue weighted by molar-refractivity contribution is 5.26. The third-order valence-corrected chi connectivity index (χ3v) is 10.9. The van der Waals surface area contributed by atoms with Crippen molar-refractivity contribution in [2.24, 2.45) is 29.1 Å². The minimum absolute atomic E-state index is 0.0918. The lowest BCUT2D eigenvalue weighted by atomic mass is 9.65. The summed E-state index contributed by atoms with van der Waals surface area (Å²) in [5, 5.41) is 18.2. The normalized spacial score (nSPS) is 21.2. The van der Waals surface area contributed by atoms with Gasteiger partial charge in [0.25, 0.3) is 0 Å². The molecule has 248 valence electrons. The van der Waals surface area contributed by atoms with Crippen molar-refractivity contribution in [1.82, 2.24) is 30.0 Å². The van der Waals surface area contributed by atoms with Crippen molar-refractivity contribution in [3.8, 4) is 0 Å². The summed E-state index contributed by atoms with van der Waals surface area (Å²) < 4.78 is 4.17. The zero-order valence-electron chi connectivity index (χ0n) is 29.7. The van der Waals surface area contributed by atoms with Gasteiger partial charge in [-0.25, -0.2) is 4.68 Å². The molecule has 6 nitrogen and oxygen atoms in total. The van der Waals surface area contributed by atoms with E-state index in [1.54, 1.807) is 0 Å². The first-order valence-electron chi connectivity index (χ1n) is 17.8. The molecule has 0 radical (unpaired) electrons. The van der Waals surface area contributed by atoms with Crippen LogP contribution in [0.2, 0.25) is 0 Å². The highest BCUT2D eigenvalue weighted by Gasteiger charge is 2.37. The number of aryl methyl sites for hydroxylation is 1. The second kappa shape index (κ2) is 14.6. The van der Waals surface area contributed by atoms with Gasteiger partial charge in [0.05, 0.1) is 16.9 Å². The fourth-order valence-corrected chi connectivity index (χ4v) is 8.38. The summed E-state index contributed by atoms with van der Waals surface area (Å²) in [7, 11) is 0. The largest absolute Gasteiger partial charge is 0.252 e. The fourth-order valence-electron chi connectivity index (χ4n) is 8.38. The highest BCUT2D eigenvalue weighted by Crippen LogP contribution is 2.45. The van der Waals surface area contributed by atoms with Crippen molar-refractivity contribution in [3.63, 3.8) is 0 Å². The van der Waals surface area contributed by atoms with E-state index in [4.69, 9.17) is 0 Å². The highest BCUT2D eigenvalue weighted by atomic mass is 15.4. The van der Waals surface area contributed by atoms with Crippen molar-refractivity contribution in [1.29, 1.82) is 0 Å². The van der Waals surface area contributed by atoms with Crippen molar-refractivity contribution in [2.75, 3.05) is 0 Å². The van der Waals surface area contributed by atoms with E-state index in [0.29, 0.717) is 5.92 Å². The molecule has 0 amide bonds. The first-order valence-corrected chi connectivity index (χ1v) is 17.8. The summed E-state index contributed by atoms with van der Waals surface area (Å²) in [6.45, 7) is 19.9. The predicted molar refractivity (Wildman–Crippen MR) is 189 cm³/mol. The first-order chi connectivity index (χ1) is 21.9. The first kappa shape index (κ1) is 34.1. The minimum Gasteiger partial charge on any atom is -0.252 e. The molecule has 4 aromatic rings. The molecule has 2 aromatic carbocycles. The molecule has 2 heterocycles. The summed E-state index contributed by atoms with van der Waals surface area (Å²) >= 11 is 0. The molecule has 5 rings (SSSR count). The van der Waals surface area contributed by atoms with Gasteiger partial charge in [-0.1, -0.05) is 119 Å². The molecular formula is C40H58N6. The molecule has 46 heavy (non-hydrogen) atoms. The Morgan fingerprint density at radius 1 is 0.783 bits per heavy atom. The van der Waals surface area contributed by atoms with E-state index in [0.717, 1.165) is 48.5 Å². The average molecular weight is 623 g/mol. The van der Waals surface area contributed by atoms with Gasteiger partial charge in [-0.15, -0.1) is 10.2 Å². The van der Waals surface area contributed by atoms with Crippen LogP contribution < -0.4 is 0 Å². The van der Waals surface area contributed by atoms with Gasteiger partial charge >= 0.3 is 0 Å². The summed E-state index contributed by atoms with van der Waals surface area (Å²) in [5.74, 6) is 3.61. The maximum Gasteiger partial charge on any atom is 0.0899 e. The third-order valence-electron chi connectivity index (χ3n) is 10.9. The standard InChI is InChI=1S/C40H58N6/c1-29(21-22-45-26-37(41-43-45)31(3)34-15-11-9-12-16-34)23-33-19-20-36(30(2)24-33)25-39(5,6)28-40(7,8)46-27-38(42-44-46)32(4)35-17-13-10-14-18-35/h9-18,26-27,29-33,36H,19-25,28H2,1-8H3/t29?,30?,31-,32-,33?,36?/m1/s1. The Morgan fingerprint density at radius 3 is 1.98 bits per heavy atom. The summed E-state index contributed by atoms with van der Waals surface area (Å²) in [6.07, 6.45) is 13.2. The van der Waals surface area contributed by atoms with E-state index >= 15 is 0 Å². The van der Waals surface area contributed by atoms with E-state index in [9.17, 15) is 0 Å². The summed E-state index contributed by atoms with van der Waals surface area (Å²) in [5.41, 5.74) is 4.81. The monoisotopic (exact) mass is 622 g/mol. The second-order valence-electron chi connectivity index (χ2n) is 16.2. The summed E-state index contributed by atoms with van der Waals surface area (Å²) in [6, 6.07) is 21.2. The lowest BCUT2D eigenvalue weighted by molar-refractivity contribution is 0.0932. The van der Waals surface area contributed by atoms with Gasteiger partial charge < -0.3 is 0 Å². The predicted octanol–water partition coefficient (Wildman–Crippen LogP) is 9.88. The Bertz CT molecular complexity index is 1490. The lowest BCUT2D eigenvalue weighted by Crippen LogP contribution is -2.35. The van der Waals surface area contributed by atoms with Gasteiger partial charge in [0, 0.05) is 30.8 Å². The van der Waals surface area contributed by atoms with Gasteiger partial charge in [-0.2, -0.15) is 0 Å². The van der Waals surface area contributed by atoms with Crippen LogP contribution in [0.25, 0.3) is 0 Å². The SMILES string of the molecule is CC(CCn1cc([C@H](C)c2ccccc2)nn1)CC1CCC(CC(C)(C)CC(C)(C)n2cc([C@H](C)c3ccccc3)nn2)C(C)C1. The number of aromatic nitrogens is 6. The Morgan fingerprint density at radius 2 is 1.37 bits per heavy atom. The zero-order chi connectivity index (χ0) is 32.9. The molecule has 4 unspecified atom stereocenters. The molecule has 0 saturated heterocycles. The molecular weight excluding hydrogens is 564 g/mol. The van der Waals surface area contributed by atoms with E-state index in [-0.39, 0.29) is 22.8 Å². The Labute approximate surface area is 278 Å². The Balaban J connectivity index is 1.07. The van der Waals surface area contributed by atoms with Gasteiger partial charge in [0.2, 0.25) is 0 Å². The topological polar surface area (TPSA) is 61.4 Å². The van der Waals surface area contributed by atoms with Crippen molar-refractivity contribution in [3.05, 3.63) is 95.6 Å². The Hall–Kier alpha value is -3.28. The van der Waals surface area contributed by atoms with Crippen LogP contribution in [0.15, 0.2) is 73.1 Å². The van der Waals surface area contributed by atoms with Crippen LogP contribution >= 0.6 is 0 Å². The van der Waals surface area contributed by atoms with Gasteiger partial charge in [-0.3, -0.25) is 4.68 Å².